The number of ether oxygens (including phenoxy) is 1. The van der Waals surface area contributed by atoms with Gasteiger partial charge in [-0.25, -0.2) is 17.9 Å². The smallest absolute Gasteiger partial charge is 0.303 e. The number of carbonyl (C=O) groups is 1. The lowest BCUT2D eigenvalue weighted by Gasteiger charge is -2.19. The summed E-state index contributed by atoms with van der Waals surface area (Å²) >= 11 is 0. The van der Waals surface area contributed by atoms with Crippen molar-refractivity contribution in [2.24, 2.45) is 0 Å². The van der Waals surface area contributed by atoms with Crippen molar-refractivity contribution < 1.29 is 27.8 Å². The molecule has 4 aromatic rings. The first-order valence-corrected chi connectivity index (χ1v) is 12.5. The molecular weight excluding hydrogens is 509 g/mol. The Hall–Kier alpha value is -4.40. The molecule has 0 aliphatic rings. The van der Waals surface area contributed by atoms with Gasteiger partial charge in [-0.3, -0.25) is 9.59 Å². The number of hydrogen-bond acceptors (Lipinski definition) is 4. The van der Waals surface area contributed by atoms with E-state index in [1.807, 2.05) is 0 Å². The SMILES string of the molecule is O=C(O)CCCOc1ccc(F)c(CCCn2nc(C(c3ccc(F)cc3)c3ccc(F)cc3)ccc2=O)c1. The highest BCUT2D eigenvalue weighted by molar-refractivity contribution is 5.66. The Bertz CT molecular complexity index is 1430. The lowest BCUT2D eigenvalue weighted by Crippen LogP contribution is -2.24. The molecule has 202 valence electrons. The topological polar surface area (TPSA) is 81.4 Å². The van der Waals surface area contributed by atoms with E-state index >= 15 is 0 Å². The fourth-order valence-corrected chi connectivity index (χ4v) is 4.29. The number of aliphatic carboxylic acids is 1. The van der Waals surface area contributed by atoms with Crippen molar-refractivity contribution in [2.75, 3.05) is 6.61 Å². The van der Waals surface area contributed by atoms with Crippen molar-refractivity contribution in [2.45, 2.75) is 38.1 Å². The van der Waals surface area contributed by atoms with Crippen molar-refractivity contribution in [1.29, 1.82) is 0 Å². The maximum absolute atomic E-state index is 14.4. The molecule has 0 spiro atoms. The van der Waals surface area contributed by atoms with Gasteiger partial charge in [0.15, 0.2) is 0 Å². The number of aromatic nitrogens is 2. The second kappa shape index (κ2) is 12.9. The van der Waals surface area contributed by atoms with Gasteiger partial charge in [0.05, 0.1) is 18.2 Å². The van der Waals surface area contributed by atoms with E-state index in [1.54, 1.807) is 36.4 Å². The molecule has 1 heterocycles. The molecule has 1 N–H and O–H groups in total. The lowest BCUT2D eigenvalue weighted by atomic mass is 9.88. The minimum atomic E-state index is -0.909. The van der Waals surface area contributed by atoms with Crippen molar-refractivity contribution in [3.63, 3.8) is 0 Å². The van der Waals surface area contributed by atoms with Gasteiger partial charge in [0.1, 0.15) is 23.2 Å². The first kappa shape index (κ1) is 27.6. The molecule has 39 heavy (non-hydrogen) atoms. The summed E-state index contributed by atoms with van der Waals surface area (Å²) in [5, 5.41) is 13.3. The Labute approximate surface area is 223 Å². The second-order valence-corrected chi connectivity index (χ2v) is 9.06. The third-order valence-corrected chi connectivity index (χ3v) is 6.23. The zero-order valence-electron chi connectivity index (χ0n) is 21.0. The molecule has 0 amide bonds. The average molecular weight is 537 g/mol. The van der Waals surface area contributed by atoms with Crippen molar-refractivity contribution in [3.8, 4) is 5.75 Å². The molecule has 0 atom stereocenters. The van der Waals surface area contributed by atoms with Gasteiger partial charge in [0.25, 0.3) is 5.56 Å². The number of hydrogen-bond donors (Lipinski definition) is 1. The summed E-state index contributed by atoms with van der Waals surface area (Å²) in [6, 6.07) is 19.2. The maximum atomic E-state index is 14.4. The number of nitrogens with zero attached hydrogens (tertiary/aromatic N) is 2. The van der Waals surface area contributed by atoms with Gasteiger partial charge < -0.3 is 9.84 Å². The van der Waals surface area contributed by atoms with E-state index in [2.05, 4.69) is 5.10 Å². The highest BCUT2D eigenvalue weighted by Gasteiger charge is 2.20. The van der Waals surface area contributed by atoms with E-state index in [9.17, 15) is 22.8 Å². The quantitative estimate of drug-likeness (QED) is 0.234. The molecule has 1 aromatic heterocycles. The molecule has 0 radical (unpaired) electrons. The van der Waals surface area contributed by atoms with Crippen LogP contribution < -0.4 is 10.3 Å². The largest absolute Gasteiger partial charge is 0.494 e. The minimum absolute atomic E-state index is 0.0158. The monoisotopic (exact) mass is 536 g/mol. The standard InChI is InChI=1S/C30H27F3N2O4/c31-23-9-5-20(6-10-23)30(21-7-11-24(32)12-8-21)27-15-16-28(36)35(34-27)17-1-3-22-19-25(13-14-26(22)33)39-18-2-4-29(37)38/h5-16,19,30H,1-4,17-18H2,(H,37,38). The van der Waals surface area contributed by atoms with Crippen molar-refractivity contribution in [3.05, 3.63) is 129 Å². The molecule has 4 rings (SSSR count). The number of carboxylic acids is 1. The average Bonchev–Trinajstić information content (AvgIpc) is 2.92. The van der Waals surface area contributed by atoms with Crippen LogP contribution in [0.4, 0.5) is 13.2 Å². The second-order valence-electron chi connectivity index (χ2n) is 9.06. The summed E-state index contributed by atoms with van der Waals surface area (Å²) < 4.78 is 48.4. The van der Waals surface area contributed by atoms with Crippen LogP contribution >= 0.6 is 0 Å². The van der Waals surface area contributed by atoms with Crippen molar-refractivity contribution in [1.82, 2.24) is 9.78 Å². The van der Waals surface area contributed by atoms with Crippen LogP contribution in [0.2, 0.25) is 0 Å². The number of rotatable bonds is 12. The highest BCUT2D eigenvalue weighted by atomic mass is 19.1. The maximum Gasteiger partial charge on any atom is 0.303 e. The van der Waals surface area contributed by atoms with Gasteiger partial charge >= 0.3 is 5.97 Å². The number of carboxylic acid groups (broad SMARTS) is 1. The summed E-state index contributed by atoms with van der Waals surface area (Å²) in [4.78, 5) is 23.2. The van der Waals surface area contributed by atoms with Crippen LogP contribution in [0.5, 0.6) is 5.75 Å². The Morgan fingerprint density at radius 3 is 2.13 bits per heavy atom. The molecular formula is C30H27F3N2O4. The van der Waals surface area contributed by atoms with Gasteiger partial charge in [0, 0.05) is 19.0 Å². The summed E-state index contributed by atoms with van der Waals surface area (Å²) in [6.45, 7) is 0.419. The summed E-state index contributed by atoms with van der Waals surface area (Å²) in [5.74, 6) is -2.13. The van der Waals surface area contributed by atoms with E-state index in [0.717, 1.165) is 11.1 Å². The number of aryl methyl sites for hydroxylation is 2. The van der Waals surface area contributed by atoms with Crippen LogP contribution in [0.25, 0.3) is 0 Å². The molecule has 0 aliphatic carbocycles. The third kappa shape index (κ3) is 7.56. The first-order valence-electron chi connectivity index (χ1n) is 12.5. The normalized spacial score (nSPS) is 11.1. The van der Waals surface area contributed by atoms with Gasteiger partial charge in [-0.2, -0.15) is 5.10 Å². The summed E-state index contributed by atoms with van der Waals surface area (Å²) in [5.41, 5.74) is 2.05. The molecule has 6 nitrogen and oxygen atoms in total. The van der Waals surface area contributed by atoms with Crippen LogP contribution in [0.15, 0.2) is 83.7 Å². The predicted molar refractivity (Wildman–Crippen MR) is 139 cm³/mol. The zero-order valence-corrected chi connectivity index (χ0v) is 21.0. The van der Waals surface area contributed by atoms with Gasteiger partial charge in [-0.1, -0.05) is 24.3 Å². The number of halogens is 3. The molecule has 0 unspecified atom stereocenters. The fraction of sp³-hybridized carbons (Fsp3) is 0.233. The minimum Gasteiger partial charge on any atom is -0.494 e. The zero-order chi connectivity index (χ0) is 27.8. The van der Waals surface area contributed by atoms with Crippen LogP contribution in [0.3, 0.4) is 0 Å². The van der Waals surface area contributed by atoms with Crippen molar-refractivity contribution >= 4 is 5.97 Å². The molecule has 0 saturated heterocycles. The van der Waals surface area contributed by atoms with Gasteiger partial charge in [0.2, 0.25) is 0 Å². The lowest BCUT2D eigenvalue weighted by molar-refractivity contribution is -0.137. The molecule has 9 heteroatoms. The molecule has 3 aromatic carbocycles. The molecule has 0 aliphatic heterocycles. The summed E-state index contributed by atoms with van der Waals surface area (Å²) in [7, 11) is 0. The van der Waals surface area contributed by atoms with E-state index in [4.69, 9.17) is 9.84 Å². The number of benzene rings is 3. The van der Waals surface area contributed by atoms with Gasteiger partial charge in [-0.05, 0) is 84.5 Å². The summed E-state index contributed by atoms with van der Waals surface area (Å²) in [6.07, 6.45) is 1.05. The van der Waals surface area contributed by atoms with Crippen LogP contribution in [0, 0.1) is 17.5 Å². The van der Waals surface area contributed by atoms with E-state index < -0.39 is 29.3 Å². The van der Waals surface area contributed by atoms with Crippen LogP contribution in [-0.4, -0.2) is 27.5 Å². The highest BCUT2D eigenvalue weighted by Crippen LogP contribution is 2.30. The van der Waals surface area contributed by atoms with Crippen LogP contribution in [0.1, 0.15) is 47.6 Å². The Balaban J connectivity index is 1.50. The van der Waals surface area contributed by atoms with Crippen LogP contribution in [-0.2, 0) is 17.8 Å². The Morgan fingerprint density at radius 2 is 1.51 bits per heavy atom. The van der Waals surface area contributed by atoms with E-state index in [-0.39, 0.29) is 25.1 Å². The van der Waals surface area contributed by atoms with E-state index in [1.165, 1.54) is 47.1 Å². The van der Waals surface area contributed by atoms with E-state index in [0.29, 0.717) is 36.3 Å². The Morgan fingerprint density at radius 1 is 0.872 bits per heavy atom. The third-order valence-electron chi connectivity index (χ3n) is 6.23. The molecule has 0 saturated carbocycles. The Kier molecular flexibility index (Phi) is 9.14. The van der Waals surface area contributed by atoms with Gasteiger partial charge in [-0.15, -0.1) is 0 Å². The molecule has 0 bridgehead atoms. The fourth-order valence-electron chi connectivity index (χ4n) is 4.29. The molecule has 0 fully saturated rings. The predicted octanol–water partition coefficient (Wildman–Crippen LogP) is 5.72. The first-order chi connectivity index (χ1) is 18.8.